The first-order valence-electron chi connectivity index (χ1n) is 6.79. The zero-order valence-corrected chi connectivity index (χ0v) is 13.1. The van der Waals surface area contributed by atoms with Gasteiger partial charge in [0.25, 0.3) is 0 Å². The molecule has 0 amide bonds. The Morgan fingerprint density at radius 3 is 2.41 bits per heavy atom. The highest BCUT2D eigenvalue weighted by Crippen LogP contribution is 2.28. The lowest BCUT2D eigenvalue weighted by molar-refractivity contribution is -0.140. The molecule has 0 aliphatic heterocycles. The number of hydrogen-bond acceptors (Lipinski definition) is 3. The minimum atomic E-state index is -0.414. The Morgan fingerprint density at radius 2 is 1.82 bits per heavy atom. The molecule has 1 unspecified atom stereocenters. The van der Waals surface area contributed by atoms with E-state index in [-0.39, 0.29) is 18.3 Å². The first kappa shape index (κ1) is 16.3. The second kappa shape index (κ2) is 7.27. The Bertz CT molecular complexity index is 655. The molecule has 3 nitrogen and oxygen atoms in total. The van der Waals surface area contributed by atoms with Gasteiger partial charge in [0.2, 0.25) is 0 Å². The zero-order valence-electron chi connectivity index (χ0n) is 12.3. The van der Waals surface area contributed by atoms with Gasteiger partial charge in [0, 0.05) is 11.1 Å². The number of carbonyl (C=O) groups is 1. The van der Waals surface area contributed by atoms with E-state index in [1.807, 2.05) is 0 Å². The average Bonchev–Trinajstić information content (AvgIpc) is 2.49. The molecule has 0 fully saturated rings. The molecule has 0 spiro atoms. The molecule has 0 bridgehead atoms. The largest absolute Gasteiger partial charge is 0.469 e. The third-order valence-electron chi connectivity index (χ3n) is 3.25. The summed E-state index contributed by atoms with van der Waals surface area (Å²) >= 11 is 5.80. The number of methoxy groups -OCH3 is 1. The maximum Gasteiger partial charge on any atom is 0.306 e. The smallest absolute Gasteiger partial charge is 0.306 e. The van der Waals surface area contributed by atoms with E-state index in [1.54, 1.807) is 43.3 Å². The first-order chi connectivity index (χ1) is 10.5. The van der Waals surface area contributed by atoms with Crippen LogP contribution in [0.5, 0.6) is 11.5 Å². The predicted molar refractivity (Wildman–Crippen MR) is 83.0 cm³/mol. The highest BCUT2D eigenvalue weighted by Gasteiger charge is 2.16. The van der Waals surface area contributed by atoms with Crippen LogP contribution < -0.4 is 4.74 Å². The van der Waals surface area contributed by atoms with Gasteiger partial charge in [-0.2, -0.15) is 0 Å². The fourth-order valence-electron chi connectivity index (χ4n) is 2.05. The van der Waals surface area contributed by atoms with Gasteiger partial charge in [-0.05, 0) is 41.8 Å². The summed E-state index contributed by atoms with van der Waals surface area (Å²) in [7, 11) is 1.31. The Balaban J connectivity index is 2.12. The fourth-order valence-corrected chi connectivity index (χ4v) is 2.18. The zero-order chi connectivity index (χ0) is 16.1. The van der Waals surface area contributed by atoms with Crippen LogP contribution in [0.15, 0.2) is 42.5 Å². The number of benzene rings is 2. The van der Waals surface area contributed by atoms with Crippen molar-refractivity contribution in [1.29, 1.82) is 0 Å². The molecule has 0 aliphatic carbocycles. The molecule has 0 saturated heterocycles. The minimum Gasteiger partial charge on any atom is -0.469 e. The monoisotopic (exact) mass is 322 g/mol. The van der Waals surface area contributed by atoms with Crippen molar-refractivity contribution in [2.75, 3.05) is 7.11 Å². The van der Waals surface area contributed by atoms with Gasteiger partial charge in [0.05, 0.1) is 13.5 Å². The molecule has 2 rings (SSSR count). The standard InChI is InChI=1S/C17H16ClFO3/c1-11(9-17(20)21-2)15-8-7-14(10-16(15)19)22-13-5-3-12(18)4-6-13/h3-8,10-11H,9H2,1-2H3. The molecule has 0 saturated carbocycles. The van der Waals surface area contributed by atoms with E-state index in [1.165, 1.54) is 13.2 Å². The molecule has 2 aromatic rings. The summed E-state index contributed by atoms with van der Waals surface area (Å²) in [5, 5.41) is 0.602. The second-order valence-electron chi connectivity index (χ2n) is 4.92. The molecule has 5 heteroatoms. The summed E-state index contributed by atoms with van der Waals surface area (Å²) < 4.78 is 24.3. The summed E-state index contributed by atoms with van der Waals surface area (Å²) in [5.41, 5.74) is 0.453. The Morgan fingerprint density at radius 1 is 1.18 bits per heavy atom. The number of ether oxygens (including phenoxy) is 2. The predicted octanol–water partition coefficient (Wildman–Crippen LogP) is 4.94. The van der Waals surface area contributed by atoms with Crippen LogP contribution in [-0.2, 0) is 9.53 Å². The molecule has 2 aromatic carbocycles. The fraction of sp³-hybridized carbons (Fsp3) is 0.235. The summed E-state index contributed by atoms with van der Waals surface area (Å²) in [6, 6.07) is 11.4. The SMILES string of the molecule is COC(=O)CC(C)c1ccc(Oc2ccc(Cl)cc2)cc1F. The van der Waals surface area contributed by atoms with Crippen molar-refractivity contribution in [2.45, 2.75) is 19.3 Å². The topological polar surface area (TPSA) is 35.5 Å². The lowest BCUT2D eigenvalue weighted by Crippen LogP contribution is -2.07. The molecular weight excluding hydrogens is 307 g/mol. The van der Waals surface area contributed by atoms with Crippen molar-refractivity contribution in [3.8, 4) is 11.5 Å². The molecule has 0 radical (unpaired) electrons. The van der Waals surface area contributed by atoms with Crippen molar-refractivity contribution in [2.24, 2.45) is 0 Å². The second-order valence-corrected chi connectivity index (χ2v) is 5.36. The van der Waals surface area contributed by atoms with E-state index in [4.69, 9.17) is 16.3 Å². The van der Waals surface area contributed by atoms with Crippen LogP contribution in [0.2, 0.25) is 5.02 Å². The maximum atomic E-state index is 14.2. The number of halogens is 2. The number of carbonyl (C=O) groups excluding carboxylic acids is 1. The molecule has 0 N–H and O–H groups in total. The third kappa shape index (κ3) is 4.21. The molecule has 0 heterocycles. The van der Waals surface area contributed by atoms with Crippen molar-refractivity contribution >= 4 is 17.6 Å². The summed E-state index contributed by atoms with van der Waals surface area (Å²) in [6.45, 7) is 1.77. The Kier molecular flexibility index (Phi) is 5.39. The van der Waals surface area contributed by atoms with Crippen molar-refractivity contribution in [3.63, 3.8) is 0 Å². The Hall–Kier alpha value is -2.07. The van der Waals surface area contributed by atoms with Crippen molar-refractivity contribution in [1.82, 2.24) is 0 Å². The minimum absolute atomic E-state index is 0.130. The van der Waals surface area contributed by atoms with Gasteiger partial charge in [-0.15, -0.1) is 0 Å². The van der Waals surface area contributed by atoms with E-state index < -0.39 is 5.82 Å². The molecule has 0 aliphatic rings. The first-order valence-corrected chi connectivity index (χ1v) is 7.17. The average molecular weight is 323 g/mol. The van der Waals surface area contributed by atoms with Crippen LogP contribution in [-0.4, -0.2) is 13.1 Å². The lowest BCUT2D eigenvalue weighted by Gasteiger charge is -2.13. The Labute approximate surface area is 133 Å². The van der Waals surface area contributed by atoms with Gasteiger partial charge in [0.1, 0.15) is 17.3 Å². The maximum absolute atomic E-state index is 14.2. The molecule has 22 heavy (non-hydrogen) atoms. The van der Waals surface area contributed by atoms with Gasteiger partial charge >= 0.3 is 5.97 Å². The number of esters is 1. The normalized spacial score (nSPS) is 11.8. The van der Waals surface area contributed by atoms with E-state index in [2.05, 4.69) is 4.74 Å². The molecular formula is C17H16ClFO3. The number of rotatable bonds is 5. The van der Waals surface area contributed by atoms with Crippen LogP contribution in [0.4, 0.5) is 4.39 Å². The van der Waals surface area contributed by atoms with E-state index in [9.17, 15) is 9.18 Å². The summed E-state index contributed by atoms with van der Waals surface area (Å²) in [5.74, 6) is -0.0960. The van der Waals surface area contributed by atoms with Crippen LogP contribution in [0, 0.1) is 5.82 Å². The quantitative estimate of drug-likeness (QED) is 0.731. The van der Waals surface area contributed by atoms with E-state index in [0.29, 0.717) is 22.1 Å². The van der Waals surface area contributed by atoms with Gasteiger partial charge in [-0.3, -0.25) is 4.79 Å². The van der Waals surface area contributed by atoms with E-state index in [0.717, 1.165) is 0 Å². The summed E-state index contributed by atoms with van der Waals surface area (Å²) in [4.78, 5) is 11.3. The van der Waals surface area contributed by atoms with Gasteiger partial charge < -0.3 is 9.47 Å². The van der Waals surface area contributed by atoms with Crippen LogP contribution in [0.1, 0.15) is 24.8 Å². The van der Waals surface area contributed by atoms with Crippen molar-refractivity contribution in [3.05, 3.63) is 58.9 Å². The highest BCUT2D eigenvalue weighted by atomic mass is 35.5. The van der Waals surface area contributed by atoms with Crippen LogP contribution in [0.25, 0.3) is 0 Å². The third-order valence-corrected chi connectivity index (χ3v) is 3.50. The van der Waals surface area contributed by atoms with Gasteiger partial charge in [-0.1, -0.05) is 24.6 Å². The molecule has 116 valence electrons. The van der Waals surface area contributed by atoms with Crippen LogP contribution >= 0.6 is 11.6 Å². The highest BCUT2D eigenvalue weighted by molar-refractivity contribution is 6.30. The van der Waals surface area contributed by atoms with Gasteiger partial charge in [-0.25, -0.2) is 4.39 Å². The van der Waals surface area contributed by atoms with Gasteiger partial charge in [0.15, 0.2) is 0 Å². The lowest BCUT2D eigenvalue weighted by atomic mass is 9.97. The van der Waals surface area contributed by atoms with Crippen LogP contribution in [0.3, 0.4) is 0 Å². The number of hydrogen-bond donors (Lipinski definition) is 0. The molecule has 1 atom stereocenters. The van der Waals surface area contributed by atoms with Crippen molar-refractivity contribution < 1.29 is 18.7 Å². The summed E-state index contributed by atoms with van der Waals surface area (Å²) in [6.07, 6.45) is 0.130. The molecule has 0 aromatic heterocycles. The van der Waals surface area contributed by atoms with E-state index >= 15 is 0 Å².